The van der Waals surface area contributed by atoms with Crippen LogP contribution < -0.4 is 4.90 Å². The lowest BCUT2D eigenvalue weighted by Gasteiger charge is -2.37. The number of aromatic nitrogens is 1. The summed E-state index contributed by atoms with van der Waals surface area (Å²) in [6.45, 7) is 4.03. The molecule has 2 heterocycles. The van der Waals surface area contributed by atoms with Gasteiger partial charge in [0.2, 0.25) is 0 Å². The number of hydrogen-bond acceptors (Lipinski definition) is 5. The molecule has 6 nitrogen and oxygen atoms in total. The van der Waals surface area contributed by atoms with Gasteiger partial charge in [0.05, 0.1) is 16.1 Å². The van der Waals surface area contributed by atoms with Gasteiger partial charge in [-0.2, -0.15) is 0 Å². The summed E-state index contributed by atoms with van der Waals surface area (Å²) < 4.78 is 47.5. The zero-order valence-corrected chi connectivity index (χ0v) is 21.0. The van der Waals surface area contributed by atoms with Gasteiger partial charge in [-0.1, -0.05) is 17.7 Å². The molecule has 1 aliphatic heterocycles. The smallest absolute Gasteiger partial charge is 0.260 e. The lowest BCUT2D eigenvalue weighted by atomic mass is 9.90. The maximum absolute atomic E-state index is 15.7. The molecule has 9 heteroatoms. The van der Waals surface area contributed by atoms with Gasteiger partial charge < -0.3 is 9.64 Å². The number of nitrogens with zero attached hydrogens (tertiary/aromatic N) is 2. The van der Waals surface area contributed by atoms with E-state index in [-0.39, 0.29) is 42.7 Å². The van der Waals surface area contributed by atoms with E-state index in [9.17, 15) is 13.2 Å². The van der Waals surface area contributed by atoms with E-state index in [4.69, 9.17) is 16.3 Å². The fraction of sp³-hybridized carbons (Fsp3) is 0.308. The molecule has 0 unspecified atom stereocenters. The quantitative estimate of drug-likeness (QED) is 0.438. The minimum atomic E-state index is -3.91. The summed E-state index contributed by atoms with van der Waals surface area (Å²) in [6, 6.07) is 13.2. The Balaban J connectivity index is 1.79. The van der Waals surface area contributed by atoms with Crippen molar-refractivity contribution in [1.29, 1.82) is 0 Å². The van der Waals surface area contributed by atoms with Crippen LogP contribution in [0.1, 0.15) is 42.6 Å². The first-order valence-electron chi connectivity index (χ1n) is 11.3. The molecule has 1 aliphatic rings. The molecule has 0 spiro atoms. The topological polar surface area (TPSA) is 76.6 Å². The second-order valence-corrected chi connectivity index (χ2v) is 11.4. The number of amides is 1. The van der Waals surface area contributed by atoms with Crippen LogP contribution in [0.25, 0.3) is 0 Å². The molecule has 1 amide bonds. The van der Waals surface area contributed by atoms with Crippen LogP contribution in [0.5, 0.6) is 0 Å². The molecular formula is C26H26ClFN2O4S. The molecule has 4 rings (SSSR count). The number of anilines is 1. The molecule has 3 aromatic rings. The standard InChI is InChI=1S/C26H26ClFN2O4S/c1-18(2)30(25(31)19-4-3-13-29-17-19)24-10-5-20(16-23(24)28)26(11-14-34-15-12-26)35(32,33)22-8-6-21(27)7-9-22/h3-10,13,16-18H,11-12,14-15H2,1-2H3. The lowest BCUT2D eigenvalue weighted by molar-refractivity contribution is 0.0739. The molecule has 1 aromatic heterocycles. The van der Waals surface area contributed by atoms with E-state index in [1.54, 1.807) is 38.2 Å². The molecule has 2 aromatic carbocycles. The Morgan fingerprint density at radius 2 is 1.80 bits per heavy atom. The third-order valence-electron chi connectivity index (χ3n) is 6.32. The summed E-state index contributed by atoms with van der Waals surface area (Å²) in [4.78, 5) is 18.6. The van der Waals surface area contributed by atoms with E-state index >= 15 is 4.39 Å². The SMILES string of the molecule is CC(C)N(C(=O)c1cccnc1)c1ccc(C2(S(=O)(=O)c3ccc(Cl)cc3)CCOCC2)cc1F. The van der Waals surface area contributed by atoms with Crippen molar-refractivity contribution in [1.82, 2.24) is 4.98 Å². The number of halogens is 2. The summed E-state index contributed by atoms with van der Waals surface area (Å²) in [5.74, 6) is -1.07. The van der Waals surface area contributed by atoms with E-state index in [1.807, 2.05) is 0 Å². The molecular weight excluding hydrogens is 491 g/mol. The molecule has 0 bridgehead atoms. The third-order valence-corrected chi connectivity index (χ3v) is 9.13. The molecule has 0 saturated carbocycles. The largest absolute Gasteiger partial charge is 0.381 e. The Kier molecular flexibility index (Phi) is 7.26. The van der Waals surface area contributed by atoms with Crippen LogP contribution in [-0.4, -0.2) is 38.6 Å². The van der Waals surface area contributed by atoms with Gasteiger partial charge in [-0.15, -0.1) is 0 Å². The molecule has 1 saturated heterocycles. The van der Waals surface area contributed by atoms with Crippen molar-refractivity contribution in [3.8, 4) is 0 Å². The van der Waals surface area contributed by atoms with Crippen LogP contribution in [0.4, 0.5) is 10.1 Å². The predicted octanol–water partition coefficient (Wildman–Crippen LogP) is 5.41. The number of rotatable bonds is 6. The fourth-order valence-corrected chi connectivity index (χ4v) is 6.70. The van der Waals surface area contributed by atoms with Crippen LogP contribution in [0, 0.1) is 5.82 Å². The van der Waals surface area contributed by atoms with Crippen LogP contribution >= 0.6 is 11.6 Å². The summed E-state index contributed by atoms with van der Waals surface area (Å²) in [5.41, 5.74) is 0.731. The maximum Gasteiger partial charge on any atom is 0.260 e. The van der Waals surface area contributed by atoms with Gasteiger partial charge in [0, 0.05) is 36.7 Å². The summed E-state index contributed by atoms with van der Waals surface area (Å²) in [5, 5.41) is 0.424. The van der Waals surface area contributed by atoms with Gasteiger partial charge in [0.25, 0.3) is 5.91 Å². The number of pyridine rings is 1. The predicted molar refractivity (Wildman–Crippen MR) is 133 cm³/mol. The average Bonchev–Trinajstić information content (AvgIpc) is 2.86. The Labute approximate surface area is 209 Å². The van der Waals surface area contributed by atoms with Crippen LogP contribution in [-0.2, 0) is 19.3 Å². The highest BCUT2D eigenvalue weighted by Gasteiger charge is 2.47. The maximum atomic E-state index is 15.7. The van der Waals surface area contributed by atoms with Gasteiger partial charge in [-0.25, -0.2) is 12.8 Å². The van der Waals surface area contributed by atoms with Crippen LogP contribution in [0.2, 0.25) is 5.02 Å². The lowest BCUT2D eigenvalue weighted by Crippen LogP contribution is -2.42. The van der Waals surface area contributed by atoms with Gasteiger partial charge in [0.1, 0.15) is 10.6 Å². The molecule has 35 heavy (non-hydrogen) atoms. The number of benzene rings is 2. The number of carbonyl (C=O) groups is 1. The highest BCUT2D eigenvalue weighted by atomic mass is 35.5. The van der Waals surface area contributed by atoms with Crippen molar-refractivity contribution >= 4 is 33.0 Å². The molecule has 1 fully saturated rings. The van der Waals surface area contributed by atoms with Crippen molar-refractivity contribution in [2.24, 2.45) is 0 Å². The first kappa shape index (κ1) is 25.3. The van der Waals surface area contributed by atoms with Crippen LogP contribution in [0.3, 0.4) is 0 Å². The van der Waals surface area contributed by atoms with Crippen molar-refractivity contribution in [2.75, 3.05) is 18.1 Å². The Morgan fingerprint density at radius 1 is 1.11 bits per heavy atom. The number of sulfone groups is 1. The van der Waals surface area contributed by atoms with Crippen molar-refractivity contribution < 1.29 is 22.3 Å². The van der Waals surface area contributed by atoms with Crippen molar-refractivity contribution in [3.05, 3.63) is 89.0 Å². The minimum Gasteiger partial charge on any atom is -0.381 e. The van der Waals surface area contributed by atoms with E-state index in [1.165, 1.54) is 47.5 Å². The number of ether oxygens (including phenoxy) is 1. The monoisotopic (exact) mass is 516 g/mol. The van der Waals surface area contributed by atoms with Crippen LogP contribution in [0.15, 0.2) is 71.9 Å². The van der Waals surface area contributed by atoms with Gasteiger partial charge >= 0.3 is 0 Å². The van der Waals surface area contributed by atoms with Gasteiger partial charge in [-0.05, 0) is 80.8 Å². The van der Waals surface area contributed by atoms with E-state index < -0.39 is 26.3 Å². The summed E-state index contributed by atoms with van der Waals surface area (Å²) in [6.07, 6.45) is 3.35. The zero-order valence-electron chi connectivity index (χ0n) is 19.4. The Hall–Kier alpha value is -2.81. The normalized spacial score (nSPS) is 15.7. The van der Waals surface area contributed by atoms with Gasteiger partial charge in [0.15, 0.2) is 9.84 Å². The van der Waals surface area contributed by atoms with Gasteiger partial charge in [-0.3, -0.25) is 9.78 Å². The molecule has 0 N–H and O–H groups in total. The Morgan fingerprint density at radius 3 is 2.37 bits per heavy atom. The third kappa shape index (κ3) is 4.70. The first-order chi connectivity index (χ1) is 16.7. The Bertz CT molecular complexity index is 1310. The molecule has 0 aliphatic carbocycles. The van der Waals surface area contributed by atoms with E-state index in [0.29, 0.717) is 16.1 Å². The fourth-order valence-electron chi connectivity index (χ4n) is 4.49. The zero-order chi connectivity index (χ0) is 25.2. The average molecular weight is 517 g/mol. The first-order valence-corrected chi connectivity index (χ1v) is 13.1. The highest BCUT2D eigenvalue weighted by molar-refractivity contribution is 7.92. The van der Waals surface area contributed by atoms with E-state index in [0.717, 1.165) is 0 Å². The summed E-state index contributed by atoms with van der Waals surface area (Å²) >= 11 is 5.96. The molecule has 184 valence electrons. The van der Waals surface area contributed by atoms with E-state index in [2.05, 4.69) is 4.98 Å². The number of hydrogen-bond donors (Lipinski definition) is 0. The highest BCUT2D eigenvalue weighted by Crippen LogP contribution is 2.44. The van der Waals surface area contributed by atoms with Crippen molar-refractivity contribution in [2.45, 2.75) is 42.4 Å². The second kappa shape index (κ2) is 10.0. The number of carbonyl (C=O) groups excluding carboxylic acids is 1. The molecule has 0 atom stereocenters. The second-order valence-electron chi connectivity index (χ2n) is 8.74. The molecule has 0 radical (unpaired) electrons. The van der Waals surface area contributed by atoms with Crippen molar-refractivity contribution in [3.63, 3.8) is 0 Å². The minimum absolute atomic E-state index is 0.0729. The summed E-state index contributed by atoms with van der Waals surface area (Å²) in [7, 11) is -3.91.